The fraction of sp³-hybridized carbons (Fsp3) is 0.250. The van der Waals surface area contributed by atoms with E-state index in [4.69, 9.17) is 17.0 Å². The summed E-state index contributed by atoms with van der Waals surface area (Å²) in [5.41, 5.74) is 0.710. The molecule has 4 nitrogen and oxygen atoms in total. The molecule has 0 saturated heterocycles. The van der Waals surface area contributed by atoms with Crippen LogP contribution in [0.3, 0.4) is 0 Å². The van der Waals surface area contributed by atoms with Crippen molar-refractivity contribution in [2.45, 2.75) is 20.3 Å². The average Bonchev–Trinajstić information content (AvgIpc) is 2.93. The van der Waals surface area contributed by atoms with Crippen LogP contribution in [0.2, 0.25) is 0 Å². The van der Waals surface area contributed by atoms with Gasteiger partial charge in [0.25, 0.3) is 0 Å². The number of thiocarbonyl (C=S) groups is 1. The number of halogens is 1. The maximum atomic E-state index is 13.6. The predicted molar refractivity (Wildman–Crippen MR) is 95.9 cm³/mol. The molecule has 0 aliphatic rings. The fourth-order valence-electron chi connectivity index (χ4n) is 1.89. The molecule has 2 N–H and O–H groups in total. The molecule has 122 valence electrons. The van der Waals surface area contributed by atoms with Crippen molar-refractivity contribution in [3.05, 3.63) is 46.6 Å². The Morgan fingerprint density at radius 1 is 1.30 bits per heavy atom. The van der Waals surface area contributed by atoms with Crippen LogP contribution in [-0.2, 0) is 11.2 Å². The topological polar surface area (TPSA) is 50.4 Å². The summed E-state index contributed by atoms with van der Waals surface area (Å²) >= 11 is 6.62. The molecule has 0 bridgehead atoms. The Balaban J connectivity index is 2.15. The molecule has 23 heavy (non-hydrogen) atoms. The number of thiophene rings is 1. The first-order valence-electron chi connectivity index (χ1n) is 7.17. The first-order chi connectivity index (χ1) is 11.0. The molecule has 0 aliphatic carbocycles. The number of carbonyl (C=O) groups is 1. The molecular formula is C16H17FN2O2S2. The highest BCUT2D eigenvalue weighted by Crippen LogP contribution is 2.29. The van der Waals surface area contributed by atoms with Crippen LogP contribution in [0.25, 0.3) is 0 Å². The van der Waals surface area contributed by atoms with E-state index < -0.39 is 11.8 Å². The van der Waals surface area contributed by atoms with E-state index in [-0.39, 0.29) is 10.8 Å². The van der Waals surface area contributed by atoms with Gasteiger partial charge in [-0.2, -0.15) is 0 Å². The zero-order valence-corrected chi connectivity index (χ0v) is 14.4. The van der Waals surface area contributed by atoms with Crippen molar-refractivity contribution in [1.29, 1.82) is 0 Å². The zero-order valence-electron chi connectivity index (χ0n) is 12.8. The molecule has 1 aromatic carbocycles. The van der Waals surface area contributed by atoms with Crippen LogP contribution in [-0.4, -0.2) is 17.7 Å². The number of esters is 1. The second-order valence-corrected chi connectivity index (χ2v) is 6.13. The standard InChI is InChI=1S/C16H17FN2O2S2/c1-3-10-9-11(15(20)21-4-2)14(23-10)19-16(22)18-13-8-6-5-7-12(13)17/h5-9H,3-4H2,1-2H3,(H2,18,19,22). The van der Waals surface area contributed by atoms with E-state index in [0.29, 0.717) is 17.2 Å². The first-order valence-corrected chi connectivity index (χ1v) is 8.40. The average molecular weight is 352 g/mol. The fourth-order valence-corrected chi connectivity index (χ4v) is 3.15. The largest absolute Gasteiger partial charge is 0.462 e. The quantitative estimate of drug-likeness (QED) is 0.616. The van der Waals surface area contributed by atoms with Gasteiger partial charge in [0.15, 0.2) is 5.11 Å². The van der Waals surface area contributed by atoms with E-state index in [1.165, 1.54) is 17.4 Å². The highest BCUT2D eigenvalue weighted by molar-refractivity contribution is 7.80. The smallest absolute Gasteiger partial charge is 0.341 e. The van der Waals surface area contributed by atoms with E-state index in [2.05, 4.69) is 10.6 Å². The maximum Gasteiger partial charge on any atom is 0.341 e. The summed E-state index contributed by atoms with van der Waals surface area (Å²) in [7, 11) is 0. The van der Waals surface area contributed by atoms with Crippen LogP contribution in [0.1, 0.15) is 29.1 Å². The Bertz CT molecular complexity index is 716. The summed E-state index contributed by atoms with van der Waals surface area (Å²) in [5.74, 6) is -0.803. The van der Waals surface area contributed by atoms with E-state index in [0.717, 1.165) is 11.3 Å². The lowest BCUT2D eigenvalue weighted by atomic mass is 10.2. The Kier molecular flexibility index (Phi) is 6.06. The molecule has 1 heterocycles. The Morgan fingerprint density at radius 2 is 2.04 bits per heavy atom. The Labute approximate surface area is 143 Å². The molecule has 0 unspecified atom stereocenters. The van der Waals surface area contributed by atoms with Gasteiger partial charge in [0, 0.05) is 4.88 Å². The normalized spacial score (nSPS) is 10.2. The minimum absolute atomic E-state index is 0.213. The summed E-state index contributed by atoms with van der Waals surface area (Å²) < 4.78 is 18.7. The lowest BCUT2D eigenvalue weighted by Crippen LogP contribution is -2.20. The number of nitrogens with one attached hydrogen (secondary N) is 2. The van der Waals surface area contributed by atoms with Crippen molar-refractivity contribution in [3.63, 3.8) is 0 Å². The second kappa shape index (κ2) is 8.03. The van der Waals surface area contributed by atoms with Gasteiger partial charge in [-0.25, -0.2) is 9.18 Å². The number of carbonyl (C=O) groups excluding carboxylic acids is 1. The number of hydrogen-bond donors (Lipinski definition) is 2. The molecule has 7 heteroatoms. The van der Waals surface area contributed by atoms with Gasteiger partial charge in [-0.15, -0.1) is 11.3 Å². The molecule has 1 aromatic heterocycles. The minimum Gasteiger partial charge on any atom is -0.462 e. The monoisotopic (exact) mass is 352 g/mol. The zero-order chi connectivity index (χ0) is 16.8. The van der Waals surface area contributed by atoms with Gasteiger partial charge in [-0.1, -0.05) is 19.1 Å². The number of anilines is 2. The van der Waals surface area contributed by atoms with Crippen LogP contribution in [0.15, 0.2) is 30.3 Å². The summed E-state index contributed by atoms with van der Waals surface area (Å²) in [5, 5.41) is 6.54. The molecule has 0 saturated carbocycles. The van der Waals surface area contributed by atoms with E-state index in [9.17, 15) is 9.18 Å². The number of hydrogen-bond acceptors (Lipinski definition) is 4. The first kappa shape index (κ1) is 17.4. The summed E-state index contributed by atoms with van der Waals surface area (Å²) in [6, 6.07) is 8.02. The number of benzene rings is 1. The summed E-state index contributed by atoms with van der Waals surface area (Å²) in [6.45, 7) is 4.05. The van der Waals surface area contributed by atoms with E-state index in [1.54, 1.807) is 31.2 Å². The van der Waals surface area contributed by atoms with Gasteiger partial charge >= 0.3 is 5.97 Å². The third-order valence-electron chi connectivity index (χ3n) is 2.98. The number of ether oxygens (including phenoxy) is 1. The highest BCUT2D eigenvalue weighted by atomic mass is 32.1. The third kappa shape index (κ3) is 4.49. The van der Waals surface area contributed by atoms with Crippen molar-refractivity contribution in [2.75, 3.05) is 17.2 Å². The molecule has 0 aliphatic heterocycles. The SMILES string of the molecule is CCOC(=O)c1cc(CC)sc1NC(=S)Nc1ccccc1F. The van der Waals surface area contributed by atoms with Crippen LogP contribution in [0.4, 0.5) is 15.1 Å². The van der Waals surface area contributed by atoms with E-state index in [1.807, 2.05) is 6.92 Å². The van der Waals surface area contributed by atoms with Gasteiger partial charge in [-0.3, -0.25) is 0 Å². The van der Waals surface area contributed by atoms with Gasteiger partial charge in [-0.05, 0) is 43.8 Å². The number of rotatable bonds is 5. The van der Waals surface area contributed by atoms with Crippen molar-refractivity contribution < 1.29 is 13.9 Å². The molecule has 0 fully saturated rings. The molecule has 2 rings (SSSR count). The third-order valence-corrected chi connectivity index (χ3v) is 4.37. The predicted octanol–water partition coefficient (Wildman–Crippen LogP) is 4.44. The van der Waals surface area contributed by atoms with Gasteiger partial charge in [0.2, 0.25) is 0 Å². The summed E-state index contributed by atoms with van der Waals surface area (Å²) in [4.78, 5) is 13.0. The lowest BCUT2D eigenvalue weighted by Gasteiger charge is -2.11. The Hall–Kier alpha value is -1.99. The van der Waals surface area contributed by atoms with Crippen LogP contribution in [0, 0.1) is 5.82 Å². The van der Waals surface area contributed by atoms with Gasteiger partial charge in [0.05, 0.1) is 17.9 Å². The summed E-state index contributed by atoms with van der Waals surface area (Å²) in [6.07, 6.45) is 0.798. The minimum atomic E-state index is -0.403. The number of aryl methyl sites for hydroxylation is 1. The van der Waals surface area contributed by atoms with Crippen molar-refractivity contribution >= 4 is 45.3 Å². The van der Waals surface area contributed by atoms with Crippen LogP contribution < -0.4 is 10.6 Å². The van der Waals surface area contributed by atoms with Crippen molar-refractivity contribution in [1.82, 2.24) is 0 Å². The molecule has 2 aromatic rings. The Morgan fingerprint density at radius 3 is 2.70 bits per heavy atom. The molecule has 0 amide bonds. The van der Waals surface area contributed by atoms with Gasteiger partial charge < -0.3 is 15.4 Å². The molecule has 0 atom stereocenters. The highest BCUT2D eigenvalue weighted by Gasteiger charge is 2.18. The lowest BCUT2D eigenvalue weighted by molar-refractivity contribution is 0.0528. The van der Waals surface area contributed by atoms with Crippen LogP contribution >= 0.6 is 23.6 Å². The van der Waals surface area contributed by atoms with Crippen molar-refractivity contribution in [3.8, 4) is 0 Å². The molecule has 0 radical (unpaired) electrons. The second-order valence-electron chi connectivity index (χ2n) is 4.59. The van der Waals surface area contributed by atoms with Crippen molar-refractivity contribution in [2.24, 2.45) is 0 Å². The molecular weight excluding hydrogens is 335 g/mol. The van der Waals surface area contributed by atoms with Crippen LogP contribution in [0.5, 0.6) is 0 Å². The molecule has 0 spiro atoms. The maximum absolute atomic E-state index is 13.6. The van der Waals surface area contributed by atoms with E-state index >= 15 is 0 Å². The number of para-hydroxylation sites is 1. The van der Waals surface area contributed by atoms with Gasteiger partial charge in [0.1, 0.15) is 10.8 Å².